The zero-order chi connectivity index (χ0) is 15.7. The molecule has 0 bridgehead atoms. The van der Waals surface area contributed by atoms with Crippen molar-refractivity contribution in [2.75, 3.05) is 25.1 Å². The molecule has 1 unspecified atom stereocenters. The van der Waals surface area contributed by atoms with Crippen LogP contribution in [0.25, 0.3) is 0 Å². The molecule has 2 aliphatic rings. The Kier molecular flexibility index (Phi) is 4.26. The summed E-state index contributed by atoms with van der Waals surface area (Å²) < 4.78 is 23.0. The van der Waals surface area contributed by atoms with Gasteiger partial charge in [-0.1, -0.05) is 18.6 Å². The summed E-state index contributed by atoms with van der Waals surface area (Å²) in [6.07, 6.45) is 4.48. The Hall–Kier alpha value is -1.36. The maximum atomic E-state index is 12.4. The highest BCUT2D eigenvalue weighted by Gasteiger charge is 2.29. The van der Waals surface area contributed by atoms with Crippen LogP contribution < -0.4 is 0 Å². The normalized spacial score (nSPS) is 24.0. The quantitative estimate of drug-likeness (QED) is 0.856. The van der Waals surface area contributed by atoms with Gasteiger partial charge in [0.05, 0.1) is 11.5 Å². The van der Waals surface area contributed by atoms with Crippen LogP contribution in [0.3, 0.4) is 0 Å². The average molecular weight is 321 g/mol. The van der Waals surface area contributed by atoms with Crippen molar-refractivity contribution in [3.05, 3.63) is 35.4 Å². The average Bonchev–Trinajstić information content (AvgIpc) is 2.76. The van der Waals surface area contributed by atoms with Crippen LogP contribution in [0.5, 0.6) is 0 Å². The molecule has 1 atom stereocenters. The Labute approximate surface area is 132 Å². The lowest BCUT2D eigenvalue weighted by atomic mass is 9.80. The first-order valence-corrected chi connectivity index (χ1v) is 9.82. The van der Waals surface area contributed by atoms with Gasteiger partial charge in [0.1, 0.15) is 0 Å². The standard InChI is InChI=1S/C17H23NO3S/c1-18(11-13-9-10-22(20,21)12-13)17(19)16-7-5-15(6-8-16)14-3-2-4-14/h5-8,13-14H,2-4,9-12H2,1H3. The van der Waals surface area contributed by atoms with Gasteiger partial charge >= 0.3 is 0 Å². The number of nitrogens with zero attached hydrogens (tertiary/aromatic N) is 1. The Morgan fingerprint density at radius 2 is 1.86 bits per heavy atom. The molecule has 1 heterocycles. The van der Waals surface area contributed by atoms with Crippen molar-refractivity contribution < 1.29 is 13.2 Å². The highest BCUT2D eigenvalue weighted by Crippen LogP contribution is 2.36. The molecule has 2 fully saturated rings. The predicted molar refractivity (Wildman–Crippen MR) is 86.8 cm³/mol. The number of hydrogen-bond donors (Lipinski definition) is 0. The third kappa shape index (κ3) is 3.35. The lowest BCUT2D eigenvalue weighted by Gasteiger charge is -2.26. The van der Waals surface area contributed by atoms with Gasteiger partial charge in [-0.2, -0.15) is 0 Å². The molecule has 1 saturated heterocycles. The lowest BCUT2D eigenvalue weighted by molar-refractivity contribution is 0.0777. The highest BCUT2D eigenvalue weighted by atomic mass is 32.2. The van der Waals surface area contributed by atoms with Gasteiger partial charge in [-0.15, -0.1) is 0 Å². The summed E-state index contributed by atoms with van der Waals surface area (Å²) in [5.41, 5.74) is 2.01. The lowest BCUT2D eigenvalue weighted by Crippen LogP contribution is -2.32. The molecule has 1 aliphatic carbocycles. The van der Waals surface area contributed by atoms with Gasteiger partial charge in [0.2, 0.25) is 0 Å². The molecule has 0 spiro atoms. The summed E-state index contributed by atoms with van der Waals surface area (Å²) in [7, 11) is -1.12. The van der Waals surface area contributed by atoms with Crippen molar-refractivity contribution in [3.8, 4) is 0 Å². The molecule has 5 heteroatoms. The van der Waals surface area contributed by atoms with Crippen LogP contribution >= 0.6 is 0 Å². The van der Waals surface area contributed by atoms with E-state index in [2.05, 4.69) is 12.1 Å². The van der Waals surface area contributed by atoms with E-state index >= 15 is 0 Å². The van der Waals surface area contributed by atoms with Crippen LogP contribution in [-0.2, 0) is 9.84 Å². The van der Waals surface area contributed by atoms with Crippen molar-refractivity contribution in [3.63, 3.8) is 0 Å². The Balaban J connectivity index is 1.60. The van der Waals surface area contributed by atoms with Gasteiger partial charge in [-0.25, -0.2) is 8.42 Å². The molecule has 0 radical (unpaired) electrons. The molecule has 3 rings (SSSR count). The Bertz CT molecular complexity index is 647. The molecule has 120 valence electrons. The zero-order valence-corrected chi connectivity index (χ0v) is 13.8. The summed E-state index contributed by atoms with van der Waals surface area (Å²) in [6.45, 7) is 0.516. The van der Waals surface area contributed by atoms with E-state index in [0.29, 0.717) is 24.4 Å². The van der Waals surface area contributed by atoms with Gasteiger partial charge in [-0.05, 0) is 48.8 Å². The minimum Gasteiger partial charge on any atom is -0.341 e. The van der Waals surface area contributed by atoms with Crippen LogP contribution in [0.4, 0.5) is 0 Å². The van der Waals surface area contributed by atoms with Gasteiger partial charge in [-0.3, -0.25) is 4.79 Å². The van der Waals surface area contributed by atoms with Crippen molar-refractivity contribution >= 4 is 15.7 Å². The van der Waals surface area contributed by atoms with Crippen LogP contribution in [0.1, 0.15) is 47.5 Å². The molecule has 1 aromatic rings. The van der Waals surface area contributed by atoms with E-state index in [0.717, 1.165) is 0 Å². The van der Waals surface area contributed by atoms with Gasteiger partial charge < -0.3 is 4.90 Å². The smallest absolute Gasteiger partial charge is 0.253 e. The number of sulfone groups is 1. The predicted octanol–water partition coefficient (Wildman–Crippen LogP) is 2.46. The molecular weight excluding hydrogens is 298 g/mol. The summed E-state index contributed by atoms with van der Waals surface area (Å²) in [5, 5.41) is 0. The minimum atomic E-state index is -2.88. The molecule has 22 heavy (non-hydrogen) atoms. The Morgan fingerprint density at radius 1 is 1.18 bits per heavy atom. The van der Waals surface area contributed by atoms with Gasteiger partial charge in [0.15, 0.2) is 9.84 Å². The third-order valence-corrected chi connectivity index (χ3v) is 6.78. The fourth-order valence-electron chi connectivity index (χ4n) is 3.35. The summed E-state index contributed by atoms with van der Waals surface area (Å²) in [4.78, 5) is 14.1. The first kappa shape index (κ1) is 15.5. The van der Waals surface area contributed by atoms with Crippen LogP contribution in [0.15, 0.2) is 24.3 Å². The summed E-state index contributed by atoms with van der Waals surface area (Å²) >= 11 is 0. The monoisotopic (exact) mass is 321 g/mol. The zero-order valence-electron chi connectivity index (χ0n) is 13.0. The summed E-state index contributed by atoms with van der Waals surface area (Å²) in [6, 6.07) is 7.92. The van der Waals surface area contributed by atoms with Crippen LogP contribution in [-0.4, -0.2) is 44.3 Å². The number of carbonyl (C=O) groups is 1. The number of rotatable bonds is 4. The number of amides is 1. The van der Waals surface area contributed by atoms with E-state index < -0.39 is 9.84 Å². The molecule has 1 amide bonds. The number of hydrogen-bond acceptors (Lipinski definition) is 3. The maximum absolute atomic E-state index is 12.4. The number of carbonyl (C=O) groups excluding carboxylic acids is 1. The van der Waals surface area contributed by atoms with E-state index in [-0.39, 0.29) is 23.3 Å². The minimum absolute atomic E-state index is 0.0237. The topological polar surface area (TPSA) is 54.5 Å². The molecule has 1 aromatic carbocycles. The number of benzene rings is 1. The van der Waals surface area contributed by atoms with Gasteiger partial charge in [0.25, 0.3) is 5.91 Å². The second-order valence-electron chi connectivity index (χ2n) is 6.70. The van der Waals surface area contributed by atoms with E-state index in [1.165, 1.54) is 24.8 Å². The third-order valence-electron chi connectivity index (χ3n) is 4.94. The molecule has 1 aliphatic heterocycles. The molecule has 0 N–H and O–H groups in total. The van der Waals surface area contributed by atoms with E-state index in [1.807, 2.05) is 12.1 Å². The largest absolute Gasteiger partial charge is 0.341 e. The van der Waals surface area contributed by atoms with Crippen molar-refractivity contribution in [1.82, 2.24) is 4.90 Å². The van der Waals surface area contributed by atoms with E-state index in [9.17, 15) is 13.2 Å². The SMILES string of the molecule is CN(CC1CCS(=O)(=O)C1)C(=O)c1ccc(C2CCC2)cc1. The second-order valence-corrected chi connectivity index (χ2v) is 8.93. The van der Waals surface area contributed by atoms with Crippen LogP contribution in [0.2, 0.25) is 0 Å². The maximum Gasteiger partial charge on any atom is 0.253 e. The van der Waals surface area contributed by atoms with E-state index in [1.54, 1.807) is 11.9 Å². The first-order chi connectivity index (χ1) is 10.4. The van der Waals surface area contributed by atoms with Crippen molar-refractivity contribution in [2.45, 2.75) is 31.6 Å². The Morgan fingerprint density at radius 3 is 2.36 bits per heavy atom. The van der Waals surface area contributed by atoms with E-state index in [4.69, 9.17) is 0 Å². The fourth-order valence-corrected chi connectivity index (χ4v) is 5.20. The van der Waals surface area contributed by atoms with Crippen LogP contribution in [0, 0.1) is 5.92 Å². The van der Waals surface area contributed by atoms with Gasteiger partial charge in [0, 0.05) is 19.2 Å². The fraction of sp³-hybridized carbons (Fsp3) is 0.588. The molecular formula is C17H23NO3S. The second kappa shape index (κ2) is 6.03. The molecule has 1 saturated carbocycles. The van der Waals surface area contributed by atoms with Crippen molar-refractivity contribution in [2.24, 2.45) is 5.92 Å². The first-order valence-electron chi connectivity index (χ1n) is 8.00. The molecule has 4 nitrogen and oxygen atoms in total. The van der Waals surface area contributed by atoms with Crippen molar-refractivity contribution in [1.29, 1.82) is 0 Å². The highest BCUT2D eigenvalue weighted by molar-refractivity contribution is 7.91. The summed E-state index contributed by atoms with van der Waals surface area (Å²) in [5.74, 6) is 1.20. The molecule has 0 aromatic heterocycles.